The largest absolute Gasteiger partial charge is 0.393 e. The number of amides is 2. The molecule has 2 amide bonds. The minimum absolute atomic E-state index is 0.0564. The second-order valence-electron chi connectivity index (χ2n) is 7.06. The Bertz CT molecular complexity index is 560. The Morgan fingerprint density at radius 1 is 1.08 bits per heavy atom. The molecule has 1 aromatic carbocycles. The van der Waals surface area contributed by atoms with Gasteiger partial charge in [0, 0.05) is 38.8 Å². The van der Waals surface area contributed by atoms with Gasteiger partial charge in [-0.2, -0.15) is 0 Å². The molecule has 1 aromatic rings. The molecule has 1 saturated carbocycles. The maximum atomic E-state index is 12.4. The van der Waals surface area contributed by atoms with Crippen molar-refractivity contribution < 1.29 is 9.90 Å². The van der Waals surface area contributed by atoms with E-state index < -0.39 is 0 Å². The van der Waals surface area contributed by atoms with Crippen LogP contribution in [0.25, 0.3) is 6.08 Å². The lowest BCUT2D eigenvalue weighted by molar-refractivity contribution is 0.111. The van der Waals surface area contributed by atoms with Gasteiger partial charge in [-0.3, -0.25) is 4.90 Å². The van der Waals surface area contributed by atoms with Crippen LogP contribution in [0.15, 0.2) is 36.4 Å². The van der Waals surface area contributed by atoms with Crippen LogP contribution in [-0.4, -0.2) is 65.8 Å². The van der Waals surface area contributed by atoms with Crippen LogP contribution in [-0.2, 0) is 0 Å². The number of nitrogens with zero attached hydrogens (tertiary/aromatic N) is 2. The fourth-order valence-electron chi connectivity index (χ4n) is 3.52. The number of nitrogens with one attached hydrogen (secondary N) is 1. The molecule has 5 heteroatoms. The summed E-state index contributed by atoms with van der Waals surface area (Å²) in [7, 11) is 0. The number of benzene rings is 1. The normalized spacial score (nSPS) is 25.2. The molecule has 1 aliphatic carbocycles. The third-order valence-electron chi connectivity index (χ3n) is 5.16. The second-order valence-corrected chi connectivity index (χ2v) is 7.06. The molecule has 2 fully saturated rings. The molecule has 0 bridgehead atoms. The second kappa shape index (κ2) is 9.02. The Hall–Kier alpha value is -1.85. The average Bonchev–Trinajstić information content (AvgIpc) is 2.65. The highest BCUT2D eigenvalue weighted by atomic mass is 16.3. The van der Waals surface area contributed by atoms with E-state index >= 15 is 0 Å². The third-order valence-corrected chi connectivity index (χ3v) is 5.16. The molecule has 5 nitrogen and oxygen atoms in total. The van der Waals surface area contributed by atoms with Crippen molar-refractivity contribution in [2.24, 2.45) is 0 Å². The van der Waals surface area contributed by atoms with Crippen LogP contribution in [0.3, 0.4) is 0 Å². The quantitative estimate of drug-likeness (QED) is 0.882. The van der Waals surface area contributed by atoms with Gasteiger partial charge in [-0.05, 0) is 31.2 Å². The first-order valence-electron chi connectivity index (χ1n) is 9.38. The molecule has 1 heterocycles. The average molecular weight is 343 g/mol. The van der Waals surface area contributed by atoms with Crippen molar-refractivity contribution in [3.05, 3.63) is 42.0 Å². The fraction of sp³-hybridized carbons (Fsp3) is 0.550. The summed E-state index contributed by atoms with van der Waals surface area (Å²) in [5.74, 6) is 0. The van der Waals surface area contributed by atoms with Gasteiger partial charge in [0.2, 0.25) is 0 Å². The standard InChI is InChI=1S/C20H29N3O2/c24-19-10-8-18(9-11-19)21-20(25)23-15-13-22(14-16-23)12-4-7-17-5-2-1-3-6-17/h1-7,18-19,24H,8-16H2,(H,21,25). The summed E-state index contributed by atoms with van der Waals surface area (Å²) in [6.45, 7) is 4.30. The predicted octanol–water partition coefficient (Wildman–Crippen LogP) is 2.33. The monoisotopic (exact) mass is 343 g/mol. The Morgan fingerprint density at radius 2 is 1.76 bits per heavy atom. The molecule has 1 saturated heterocycles. The van der Waals surface area contributed by atoms with E-state index in [1.807, 2.05) is 23.1 Å². The van der Waals surface area contributed by atoms with Crippen LogP contribution < -0.4 is 5.32 Å². The number of urea groups is 1. The van der Waals surface area contributed by atoms with Crippen molar-refractivity contribution in [3.63, 3.8) is 0 Å². The molecule has 25 heavy (non-hydrogen) atoms. The molecule has 0 unspecified atom stereocenters. The smallest absolute Gasteiger partial charge is 0.317 e. The van der Waals surface area contributed by atoms with Crippen LogP contribution in [0.1, 0.15) is 31.2 Å². The minimum Gasteiger partial charge on any atom is -0.393 e. The Balaban J connectivity index is 1.36. The van der Waals surface area contributed by atoms with E-state index in [1.54, 1.807) is 0 Å². The van der Waals surface area contributed by atoms with Gasteiger partial charge in [0.05, 0.1) is 6.10 Å². The van der Waals surface area contributed by atoms with E-state index in [9.17, 15) is 9.90 Å². The first-order valence-corrected chi connectivity index (χ1v) is 9.38. The Kier molecular flexibility index (Phi) is 6.48. The van der Waals surface area contributed by atoms with Crippen molar-refractivity contribution in [3.8, 4) is 0 Å². The molecule has 0 spiro atoms. The van der Waals surface area contributed by atoms with E-state index in [0.717, 1.165) is 58.4 Å². The lowest BCUT2D eigenvalue weighted by atomic mass is 9.93. The summed E-state index contributed by atoms with van der Waals surface area (Å²) in [5, 5.41) is 12.7. The number of carbonyl (C=O) groups is 1. The van der Waals surface area contributed by atoms with Gasteiger partial charge >= 0.3 is 6.03 Å². The first kappa shape index (κ1) is 18.0. The van der Waals surface area contributed by atoms with Crippen molar-refractivity contribution in [2.75, 3.05) is 32.7 Å². The van der Waals surface area contributed by atoms with Crippen LogP contribution in [0.4, 0.5) is 4.79 Å². The summed E-state index contributed by atoms with van der Waals surface area (Å²) in [4.78, 5) is 16.7. The summed E-state index contributed by atoms with van der Waals surface area (Å²) >= 11 is 0. The highest BCUT2D eigenvalue weighted by Crippen LogP contribution is 2.18. The van der Waals surface area contributed by atoms with Gasteiger partial charge in [-0.15, -0.1) is 0 Å². The van der Waals surface area contributed by atoms with E-state index in [4.69, 9.17) is 0 Å². The number of aliphatic hydroxyl groups excluding tert-OH is 1. The number of aliphatic hydroxyl groups is 1. The Morgan fingerprint density at radius 3 is 2.44 bits per heavy atom. The summed E-state index contributed by atoms with van der Waals surface area (Å²) in [5.41, 5.74) is 1.22. The number of rotatable bonds is 4. The molecule has 0 radical (unpaired) electrons. The number of carbonyl (C=O) groups excluding carboxylic acids is 1. The van der Waals surface area contributed by atoms with Gasteiger partial charge in [-0.1, -0.05) is 42.5 Å². The van der Waals surface area contributed by atoms with E-state index in [2.05, 4.69) is 34.5 Å². The van der Waals surface area contributed by atoms with Crippen molar-refractivity contribution in [2.45, 2.75) is 37.8 Å². The van der Waals surface area contributed by atoms with E-state index in [-0.39, 0.29) is 18.2 Å². The summed E-state index contributed by atoms with van der Waals surface area (Å²) in [6.07, 6.45) is 7.53. The molecular weight excluding hydrogens is 314 g/mol. The van der Waals surface area contributed by atoms with Gasteiger partial charge in [0.15, 0.2) is 0 Å². The topological polar surface area (TPSA) is 55.8 Å². The molecule has 0 aromatic heterocycles. The Labute approximate surface area is 150 Å². The van der Waals surface area contributed by atoms with Gasteiger partial charge in [-0.25, -0.2) is 4.79 Å². The van der Waals surface area contributed by atoms with Crippen molar-refractivity contribution in [1.82, 2.24) is 15.1 Å². The van der Waals surface area contributed by atoms with Crippen molar-refractivity contribution in [1.29, 1.82) is 0 Å². The van der Waals surface area contributed by atoms with Crippen LogP contribution >= 0.6 is 0 Å². The molecule has 2 aliphatic rings. The number of hydrogen-bond acceptors (Lipinski definition) is 3. The molecule has 136 valence electrons. The minimum atomic E-state index is -0.180. The molecule has 3 rings (SSSR count). The zero-order valence-electron chi connectivity index (χ0n) is 14.8. The maximum Gasteiger partial charge on any atom is 0.317 e. The summed E-state index contributed by atoms with van der Waals surface area (Å²) < 4.78 is 0. The highest BCUT2D eigenvalue weighted by molar-refractivity contribution is 5.74. The van der Waals surface area contributed by atoms with E-state index in [1.165, 1.54) is 5.56 Å². The molecular formula is C20H29N3O2. The maximum absolute atomic E-state index is 12.4. The summed E-state index contributed by atoms with van der Waals surface area (Å²) in [6, 6.07) is 10.6. The highest BCUT2D eigenvalue weighted by Gasteiger charge is 2.25. The zero-order valence-corrected chi connectivity index (χ0v) is 14.8. The predicted molar refractivity (Wildman–Crippen MR) is 100 cm³/mol. The zero-order chi connectivity index (χ0) is 17.5. The van der Waals surface area contributed by atoms with Crippen LogP contribution in [0, 0.1) is 0 Å². The number of hydrogen-bond donors (Lipinski definition) is 2. The molecule has 0 atom stereocenters. The van der Waals surface area contributed by atoms with Crippen LogP contribution in [0.2, 0.25) is 0 Å². The number of piperazine rings is 1. The van der Waals surface area contributed by atoms with Gasteiger partial charge in [0.25, 0.3) is 0 Å². The fourth-order valence-corrected chi connectivity index (χ4v) is 3.52. The third kappa shape index (κ3) is 5.58. The molecule has 1 aliphatic heterocycles. The lowest BCUT2D eigenvalue weighted by Gasteiger charge is -2.35. The first-order chi connectivity index (χ1) is 12.2. The van der Waals surface area contributed by atoms with Gasteiger partial charge < -0.3 is 15.3 Å². The van der Waals surface area contributed by atoms with Crippen molar-refractivity contribution >= 4 is 12.1 Å². The SMILES string of the molecule is O=C(NC1CCC(O)CC1)N1CCN(CC=Cc2ccccc2)CC1. The molecule has 2 N–H and O–H groups in total. The lowest BCUT2D eigenvalue weighted by Crippen LogP contribution is -2.53. The van der Waals surface area contributed by atoms with E-state index in [0.29, 0.717) is 0 Å². The van der Waals surface area contributed by atoms with Gasteiger partial charge in [0.1, 0.15) is 0 Å². The van der Waals surface area contributed by atoms with Crippen LogP contribution in [0.5, 0.6) is 0 Å².